The number of benzene rings is 1. The van der Waals surface area contributed by atoms with Gasteiger partial charge in [0.25, 0.3) is 5.91 Å². The summed E-state index contributed by atoms with van der Waals surface area (Å²) in [7, 11) is 1.67. The predicted molar refractivity (Wildman–Crippen MR) is 61.1 cm³/mol. The molecule has 5 heteroatoms. The van der Waals surface area contributed by atoms with Gasteiger partial charge in [-0.1, -0.05) is 0 Å². The van der Waals surface area contributed by atoms with Crippen molar-refractivity contribution in [2.45, 2.75) is 6.92 Å². The summed E-state index contributed by atoms with van der Waals surface area (Å²) in [4.78, 5) is 13.3. The van der Waals surface area contributed by atoms with Crippen LogP contribution in [0.15, 0.2) is 16.6 Å². The molecule has 0 bridgehead atoms. The van der Waals surface area contributed by atoms with Crippen LogP contribution >= 0.6 is 15.9 Å². The van der Waals surface area contributed by atoms with E-state index in [1.165, 1.54) is 17.0 Å². The Balaban J connectivity index is 3.15. The second-order valence-electron chi connectivity index (χ2n) is 3.17. The molecule has 82 valence electrons. The number of amides is 1. The number of nitrogen functional groups attached to an aromatic ring is 1. The molecule has 0 radical (unpaired) electrons. The minimum absolute atomic E-state index is 0.0222. The third kappa shape index (κ3) is 2.47. The van der Waals surface area contributed by atoms with Gasteiger partial charge >= 0.3 is 0 Å². The summed E-state index contributed by atoms with van der Waals surface area (Å²) < 4.78 is 13.4. The fourth-order valence-electron chi connectivity index (χ4n) is 1.08. The van der Waals surface area contributed by atoms with E-state index >= 15 is 0 Å². The van der Waals surface area contributed by atoms with Crippen molar-refractivity contribution in [1.82, 2.24) is 4.90 Å². The van der Waals surface area contributed by atoms with E-state index in [-0.39, 0.29) is 11.6 Å². The van der Waals surface area contributed by atoms with Gasteiger partial charge in [0.15, 0.2) is 0 Å². The highest BCUT2D eigenvalue weighted by Crippen LogP contribution is 2.23. The van der Waals surface area contributed by atoms with Gasteiger partial charge in [-0.3, -0.25) is 4.79 Å². The summed E-state index contributed by atoms with van der Waals surface area (Å²) in [5.41, 5.74) is 5.75. The van der Waals surface area contributed by atoms with E-state index in [4.69, 9.17) is 5.73 Å². The standard InChI is InChI=1S/C10H12BrFN2O/c1-3-14(2)10(15)6-4-9(13)8(12)5-7(6)11/h4-5H,3,13H2,1-2H3. The number of nitrogens with zero attached hydrogens (tertiary/aromatic N) is 1. The molecular weight excluding hydrogens is 263 g/mol. The van der Waals surface area contributed by atoms with Crippen LogP contribution in [0.5, 0.6) is 0 Å². The van der Waals surface area contributed by atoms with Gasteiger partial charge in [-0.25, -0.2) is 4.39 Å². The van der Waals surface area contributed by atoms with Crippen molar-refractivity contribution in [2.75, 3.05) is 19.3 Å². The Hall–Kier alpha value is -1.10. The number of anilines is 1. The molecule has 0 aromatic heterocycles. The normalized spacial score (nSPS) is 10.1. The topological polar surface area (TPSA) is 46.3 Å². The molecule has 1 aromatic carbocycles. The van der Waals surface area contributed by atoms with Crippen molar-refractivity contribution >= 4 is 27.5 Å². The Morgan fingerprint density at radius 3 is 2.73 bits per heavy atom. The monoisotopic (exact) mass is 274 g/mol. The molecule has 0 aliphatic rings. The van der Waals surface area contributed by atoms with Crippen LogP contribution in [-0.4, -0.2) is 24.4 Å². The maximum Gasteiger partial charge on any atom is 0.254 e. The van der Waals surface area contributed by atoms with E-state index in [2.05, 4.69) is 15.9 Å². The van der Waals surface area contributed by atoms with Crippen molar-refractivity contribution in [3.05, 3.63) is 28.0 Å². The lowest BCUT2D eigenvalue weighted by molar-refractivity contribution is 0.0801. The SMILES string of the molecule is CCN(C)C(=O)c1cc(N)c(F)cc1Br. The average molecular weight is 275 g/mol. The number of rotatable bonds is 2. The van der Waals surface area contributed by atoms with Gasteiger partial charge in [-0.15, -0.1) is 0 Å². The van der Waals surface area contributed by atoms with Crippen molar-refractivity contribution in [2.24, 2.45) is 0 Å². The van der Waals surface area contributed by atoms with Crippen molar-refractivity contribution in [1.29, 1.82) is 0 Å². The minimum atomic E-state index is -0.530. The molecule has 0 fully saturated rings. The molecule has 0 unspecified atom stereocenters. The molecule has 1 rings (SSSR count). The van der Waals surface area contributed by atoms with Crippen molar-refractivity contribution < 1.29 is 9.18 Å². The first-order valence-electron chi connectivity index (χ1n) is 4.47. The molecular formula is C10H12BrFN2O. The molecule has 0 saturated carbocycles. The maximum absolute atomic E-state index is 13.0. The zero-order chi connectivity index (χ0) is 11.6. The molecule has 1 aromatic rings. The molecule has 0 aliphatic heterocycles. The molecule has 3 nitrogen and oxygen atoms in total. The van der Waals surface area contributed by atoms with Crippen LogP contribution in [0.3, 0.4) is 0 Å². The number of nitrogens with two attached hydrogens (primary N) is 1. The number of halogens is 2. The molecule has 0 saturated heterocycles. The van der Waals surface area contributed by atoms with E-state index in [0.717, 1.165) is 0 Å². The van der Waals surface area contributed by atoms with Gasteiger partial charge in [0.05, 0.1) is 11.3 Å². The predicted octanol–water partition coefficient (Wildman–Crippen LogP) is 2.26. The number of hydrogen-bond acceptors (Lipinski definition) is 2. The van der Waals surface area contributed by atoms with E-state index < -0.39 is 5.82 Å². The lowest BCUT2D eigenvalue weighted by atomic mass is 10.1. The summed E-state index contributed by atoms with van der Waals surface area (Å²) in [5.74, 6) is -0.714. The van der Waals surface area contributed by atoms with Crippen molar-refractivity contribution in [3.63, 3.8) is 0 Å². The van der Waals surface area contributed by atoms with Crippen LogP contribution in [0.4, 0.5) is 10.1 Å². The van der Waals surface area contributed by atoms with Gasteiger partial charge < -0.3 is 10.6 Å². The summed E-state index contributed by atoms with van der Waals surface area (Å²) in [6, 6.07) is 2.54. The highest BCUT2D eigenvalue weighted by Gasteiger charge is 2.15. The quantitative estimate of drug-likeness (QED) is 0.841. The van der Waals surface area contributed by atoms with Gasteiger partial charge in [0.1, 0.15) is 5.82 Å². The van der Waals surface area contributed by atoms with E-state index in [1.54, 1.807) is 7.05 Å². The maximum atomic E-state index is 13.0. The highest BCUT2D eigenvalue weighted by atomic mass is 79.9. The van der Waals surface area contributed by atoms with Crippen LogP contribution in [0.1, 0.15) is 17.3 Å². The molecule has 1 amide bonds. The average Bonchev–Trinajstić information content (AvgIpc) is 2.21. The zero-order valence-corrected chi connectivity index (χ0v) is 10.1. The number of hydrogen-bond donors (Lipinski definition) is 1. The Labute approximate surface area is 96.2 Å². The molecule has 0 spiro atoms. The highest BCUT2D eigenvalue weighted by molar-refractivity contribution is 9.10. The molecule has 0 aliphatic carbocycles. The molecule has 15 heavy (non-hydrogen) atoms. The zero-order valence-electron chi connectivity index (χ0n) is 8.55. The summed E-state index contributed by atoms with van der Waals surface area (Å²) in [6.07, 6.45) is 0. The summed E-state index contributed by atoms with van der Waals surface area (Å²) >= 11 is 3.14. The van der Waals surface area contributed by atoms with Gasteiger partial charge in [0, 0.05) is 18.1 Å². The second-order valence-corrected chi connectivity index (χ2v) is 4.03. The lowest BCUT2D eigenvalue weighted by Gasteiger charge is -2.15. The third-order valence-electron chi connectivity index (χ3n) is 2.14. The second kappa shape index (κ2) is 4.61. The Kier molecular flexibility index (Phi) is 3.68. The van der Waals surface area contributed by atoms with Gasteiger partial charge in [-0.2, -0.15) is 0 Å². The van der Waals surface area contributed by atoms with E-state index in [1.807, 2.05) is 6.92 Å². The van der Waals surface area contributed by atoms with Crippen LogP contribution in [0, 0.1) is 5.82 Å². The van der Waals surface area contributed by atoms with Crippen LogP contribution in [0.2, 0.25) is 0 Å². The largest absolute Gasteiger partial charge is 0.396 e. The molecule has 0 atom stereocenters. The van der Waals surface area contributed by atoms with Crippen LogP contribution in [-0.2, 0) is 0 Å². The Morgan fingerprint density at radius 1 is 1.60 bits per heavy atom. The Bertz CT molecular complexity index is 395. The fourth-order valence-corrected chi connectivity index (χ4v) is 1.56. The van der Waals surface area contributed by atoms with Crippen LogP contribution < -0.4 is 5.73 Å². The lowest BCUT2D eigenvalue weighted by Crippen LogP contribution is -2.26. The van der Waals surface area contributed by atoms with Crippen LogP contribution in [0.25, 0.3) is 0 Å². The first-order chi connectivity index (χ1) is 6.97. The van der Waals surface area contributed by atoms with Crippen molar-refractivity contribution in [3.8, 4) is 0 Å². The third-order valence-corrected chi connectivity index (χ3v) is 2.79. The minimum Gasteiger partial charge on any atom is -0.396 e. The van der Waals surface area contributed by atoms with Gasteiger partial charge in [-0.05, 0) is 35.0 Å². The summed E-state index contributed by atoms with van der Waals surface area (Å²) in [5, 5.41) is 0. The molecule has 2 N–H and O–H groups in total. The van der Waals surface area contributed by atoms with E-state index in [0.29, 0.717) is 16.6 Å². The fraction of sp³-hybridized carbons (Fsp3) is 0.300. The van der Waals surface area contributed by atoms with Gasteiger partial charge in [0.2, 0.25) is 0 Å². The first-order valence-corrected chi connectivity index (χ1v) is 5.26. The first kappa shape index (κ1) is 12.0. The number of carbonyl (C=O) groups excluding carboxylic acids is 1. The Morgan fingerprint density at radius 2 is 2.20 bits per heavy atom. The smallest absolute Gasteiger partial charge is 0.254 e. The number of carbonyl (C=O) groups is 1. The van der Waals surface area contributed by atoms with E-state index in [9.17, 15) is 9.18 Å². The summed E-state index contributed by atoms with van der Waals surface area (Å²) in [6.45, 7) is 2.45. The molecule has 0 heterocycles.